The van der Waals surface area contributed by atoms with Crippen LogP contribution in [0, 0.1) is 10.8 Å². The average Bonchev–Trinajstić information content (AvgIpc) is 2.70. The minimum Gasteiger partial charge on any atom is -0.396 e. The van der Waals surface area contributed by atoms with Crippen molar-refractivity contribution >= 4 is 0 Å². The van der Waals surface area contributed by atoms with E-state index < -0.39 is 11.5 Å². The highest BCUT2D eigenvalue weighted by molar-refractivity contribution is 4.74. The van der Waals surface area contributed by atoms with Crippen LogP contribution in [0.1, 0.15) is 27.2 Å². The van der Waals surface area contributed by atoms with Crippen molar-refractivity contribution in [3.05, 3.63) is 0 Å². The van der Waals surface area contributed by atoms with E-state index in [9.17, 15) is 0 Å². The molecule has 0 rings (SSSR count). The van der Waals surface area contributed by atoms with E-state index in [2.05, 4.69) is 0 Å². The van der Waals surface area contributed by atoms with Crippen molar-refractivity contribution in [2.75, 3.05) is 59.5 Å². The second-order valence-corrected chi connectivity index (χ2v) is 6.27. The molecule has 0 saturated heterocycles. The fraction of sp³-hybridized carbons (Fsp3) is 1.00. The Kier molecular flexibility index (Phi) is 28.9. The minimum atomic E-state index is -0.954. The van der Waals surface area contributed by atoms with Crippen molar-refractivity contribution in [3.63, 3.8) is 0 Å². The first-order valence-electron chi connectivity index (χ1n) is 8.25. The molecule has 0 aromatic carbocycles. The molecular weight excluding hydrogens is 352 g/mol. The maximum atomic E-state index is 8.66. The summed E-state index contributed by atoms with van der Waals surface area (Å²) in [5.74, 6) is 0. The number of rotatable bonds is 9. The van der Waals surface area contributed by atoms with Gasteiger partial charge in [-0.3, -0.25) is 0 Å². The highest BCUT2D eigenvalue weighted by atomic mass is 16.3. The molecule has 0 aromatic rings. The molecule has 10 nitrogen and oxygen atoms in total. The fourth-order valence-electron chi connectivity index (χ4n) is 0.593. The molecule has 164 valence electrons. The van der Waals surface area contributed by atoms with Gasteiger partial charge in [0.15, 0.2) is 0 Å². The van der Waals surface area contributed by atoms with Gasteiger partial charge in [0.25, 0.3) is 0 Å². The van der Waals surface area contributed by atoms with Crippen molar-refractivity contribution in [1.82, 2.24) is 0 Å². The maximum absolute atomic E-state index is 8.66. The third-order valence-electron chi connectivity index (χ3n) is 3.13. The molecule has 0 aromatic heterocycles. The molecule has 0 unspecified atom stereocenters. The summed E-state index contributed by atoms with van der Waals surface area (Å²) < 4.78 is 0. The van der Waals surface area contributed by atoms with Gasteiger partial charge in [-0.1, -0.05) is 20.8 Å². The molecule has 26 heavy (non-hydrogen) atoms. The fourth-order valence-corrected chi connectivity index (χ4v) is 0.593. The molecule has 0 amide bonds. The second kappa shape index (κ2) is 22.6. The topological polar surface area (TPSA) is 202 Å². The highest BCUT2D eigenvalue weighted by Gasteiger charge is 2.24. The zero-order valence-electron chi connectivity index (χ0n) is 16.1. The summed E-state index contributed by atoms with van der Waals surface area (Å²) in [6.45, 7) is 4.06. The van der Waals surface area contributed by atoms with Gasteiger partial charge in [-0.15, -0.1) is 0 Å². The van der Waals surface area contributed by atoms with Crippen molar-refractivity contribution in [3.8, 4) is 0 Å². The average molecular weight is 392 g/mol. The van der Waals surface area contributed by atoms with E-state index in [1.54, 1.807) is 13.8 Å². The molecule has 0 spiro atoms. The number of aliphatic hydroxyl groups is 10. The summed E-state index contributed by atoms with van der Waals surface area (Å²) in [5, 5.41) is 82.1. The van der Waals surface area contributed by atoms with Gasteiger partial charge in [0.1, 0.15) is 6.10 Å². The van der Waals surface area contributed by atoms with Crippen LogP contribution in [0.25, 0.3) is 0 Å². The van der Waals surface area contributed by atoms with Gasteiger partial charge in [-0.05, 0) is 6.42 Å². The number of hydrogen-bond acceptors (Lipinski definition) is 10. The van der Waals surface area contributed by atoms with Gasteiger partial charge in [0.05, 0.1) is 59.5 Å². The molecule has 0 aliphatic carbocycles. The van der Waals surface area contributed by atoms with Crippen LogP contribution < -0.4 is 0 Å². The lowest BCUT2D eigenvalue weighted by atomic mass is 9.88. The van der Waals surface area contributed by atoms with E-state index in [0.717, 1.165) is 0 Å². The molecule has 0 fully saturated rings. The van der Waals surface area contributed by atoms with Crippen LogP contribution in [0.2, 0.25) is 0 Å². The van der Waals surface area contributed by atoms with E-state index in [1.165, 1.54) is 0 Å². The molecule has 0 bridgehead atoms. The van der Waals surface area contributed by atoms with Gasteiger partial charge in [0.2, 0.25) is 0 Å². The lowest BCUT2D eigenvalue weighted by Crippen LogP contribution is -2.32. The van der Waals surface area contributed by atoms with Gasteiger partial charge in [-0.25, -0.2) is 0 Å². The standard InChI is InChI=1S/C6H14O3.C5H12O2.C3H8O3.C2H6O2/c1-2-6(3-7,4-8)5-9;1-5(2,3-6)4-7;4-1-3(6)2-5;3-1-2-4/h7-9H,2-5H2,1H3;6-7H,3-4H2,1-2H3;3-6H,1-2H2;3-4H,1-2H2. The van der Waals surface area contributed by atoms with Gasteiger partial charge in [-0.2, -0.15) is 0 Å². The summed E-state index contributed by atoms with van der Waals surface area (Å²) in [7, 11) is 0. The summed E-state index contributed by atoms with van der Waals surface area (Å²) in [4.78, 5) is 0. The van der Waals surface area contributed by atoms with E-state index >= 15 is 0 Å². The molecule has 0 radical (unpaired) electrons. The Morgan fingerprint density at radius 2 is 0.923 bits per heavy atom. The van der Waals surface area contributed by atoms with Gasteiger partial charge in [0, 0.05) is 10.8 Å². The summed E-state index contributed by atoms with van der Waals surface area (Å²) in [6.07, 6.45) is -0.360. The molecule has 0 atom stereocenters. The Labute approximate surface area is 155 Å². The zero-order chi connectivity index (χ0) is 21.6. The quantitative estimate of drug-likeness (QED) is 0.189. The van der Waals surface area contributed by atoms with Gasteiger partial charge >= 0.3 is 0 Å². The van der Waals surface area contributed by atoms with Gasteiger partial charge < -0.3 is 51.1 Å². The molecule has 0 saturated carbocycles. The SMILES string of the molecule is CC(C)(CO)CO.CCC(CO)(CO)CO.OCC(O)CO.OCCO. The largest absolute Gasteiger partial charge is 0.396 e. The Morgan fingerprint density at radius 3 is 0.923 bits per heavy atom. The summed E-state index contributed by atoms with van der Waals surface area (Å²) in [6, 6.07) is 0. The lowest BCUT2D eigenvalue weighted by molar-refractivity contribution is 0.00304. The van der Waals surface area contributed by atoms with Crippen molar-refractivity contribution in [2.45, 2.75) is 33.3 Å². The van der Waals surface area contributed by atoms with Crippen molar-refractivity contribution in [1.29, 1.82) is 0 Å². The monoisotopic (exact) mass is 392 g/mol. The first-order valence-corrected chi connectivity index (χ1v) is 8.25. The van der Waals surface area contributed by atoms with Crippen molar-refractivity contribution in [2.24, 2.45) is 10.8 Å². The molecule has 10 N–H and O–H groups in total. The Hall–Kier alpha value is -0.400. The predicted octanol–water partition coefficient (Wildman–Crippen LogP) is -3.34. The summed E-state index contributed by atoms with van der Waals surface area (Å²) in [5.41, 5.74) is -0.972. The predicted molar refractivity (Wildman–Crippen MR) is 96.3 cm³/mol. The van der Waals surface area contributed by atoms with Crippen LogP contribution in [0.4, 0.5) is 0 Å². The smallest absolute Gasteiger partial charge is 0.100 e. The molecule has 0 aliphatic heterocycles. The van der Waals surface area contributed by atoms with E-state index in [1.807, 2.05) is 6.92 Å². The van der Waals surface area contributed by atoms with Crippen LogP contribution in [-0.2, 0) is 0 Å². The normalized spacial score (nSPS) is 10.8. The van der Waals surface area contributed by atoms with Crippen LogP contribution in [0.3, 0.4) is 0 Å². The Balaban J connectivity index is -0.000000129. The molecule has 0 heterocycles. The van der Waals surface area contributed by atoms with Crippen LogP contribution in [0.5, 0.6) is 0 Å². The van der Waals surface area contributed by atoms with E-state index in [4.69, 9.17) is 51.1 Å². The zero-order valence-corrected chi connectivity index (χ0v) is 16.1. The third kappa shape index (κ3) is 23.6. The first kappa shape index (κ1) is 33.2. The van der Waals surface area contributed by atoms with Crippen LogP contribution in [0.15, 0.2) is 0 Å². The number of hydrogen-bond donors (Lipinski definition) is 10. The lowest BCUT2D eigenvalue weighted by Gasteiger charge is -2.24. The second-order valence-electron chi connectivity index (χ2n) is 6.27. The van der Waals surface area contributed by atoms with E-state index in [0.29, 0.717) is 6.42 Å². The van der Waals surface area contributed by atoms with Crippen LogP contribution >= 0.6 is 0 Å². The maximum Gasteiger partial charge on any atom is 0.100 e. The summed E-state index contributed by atoms with van der Waals surface area (Å²) >= 11 is 0. The Bertz CT molecular complexity index is 218. The Morgan fingerprint density at radius 1 is 0.615 bits per heavy atom. The highest BCUT2D eigenvalue weighted by Crippen LogP contribution is 2.18. The van der Waals surface area contributed by atoms with Crippen LogP contribution in [-0.4, -0.2) is 117 Å². The molecule has 10 heteroatoms. The molecule has 0 aliphatic rings. The van der Waals surface area contributed by atoms with E-state index in [-0.39, 0.29) is 64.9 Å². The third-order valence-corrected chi connectivity index (χ3v) is 3.13. The first-order chi connectivity index (χ1) is 12.1. The number of aliphatic hydroxyl groups excluding tert-OH is 10. The molecular formula is C16H40O10. The van der Waals surface area contributed by atoms with Crippen molar-refractivity contribution < 1.29 is 51.1 Å². The minimum absolute atomic E-state index is 0.0451.